The van der Waals surface area contributed by atoms with Gasteiger partial charge in [-0.15, -0.1) is 0 Å². The highest BCUT2D eigenvalue weighted by Crippen LogP contribution is 2.26. The fraction of sp³-hybridized carbons (Fsp3) is 0.154. The van der Waals surface area contributed by atoms with E-state index in [2.05, 4.69) is 4.98 Å². The molecule has 0 saturated carbocycles. The van der Waals surface area contributed by atoms with E-state index in [1.54, 1.807) is 24.9 Å². The fourth-order valence-electron chi connectivity index (χ4n) is 1.34. The van der Waals surface area contributed by atoms with Crippen LogP contribution in [0.2, 0.25) is 0 Å². The Kier molecular flexibility index (Phi) is 3.59. The van der Waals surface area contributed by atoms with Gasteiger partial charge in [0.05, 0.1) is 6.10 Å². The van der Waals surface area contributed by atoms with E-state index in [1.165, 1.54) is 0 Å². The average molecular weight is 231 g/mol. The topological polar surface area (TPSA) is 33.1 Å². The largest absolute Gasteiger partial charge is 0.389 e. The van der Waals surface area contributed by atoms with Gasteiger partial charge in [0, 0.05) is 11.1 Å². The molecule has 82 valence electrons. The first-order chi connectivity index (χ1) is 7.75. The lowest BCUT2D eigenvalue weighted by Gasteiger charge is -2.05. The molecule has 2 aromatic rings. The van der Waals surface area contributed by atoms with Gasteiger partial charge in [-0.2, -0.15) is 0 Å². The summed E-state index contributed by atoms with van der Waals surface area (Å²) in [6.07, 6.45) is 1.38. The zero-order valence-electron chi connectivity index (χ0n) is 9.00. The van der Waals surface area contributed by atoms with Crippen LogP contribution < -0.4 is 0 Å². The summed E-state index contributed by atoms with van der Waals surface area (Å²) in [5, 5.41) is 10.4. The van der Waals surface area contributed by atoms with E-state index in [0.717, 1.165) is 15.5 Å². The minimum atomic E-state index is -0.408. The number of aliphatic hydroxyl groups is 1. The van der Waals surface area contributed by atoms with Gasteiger partial charge < -0.3 is 5.11 Å². The number of nitrogens with zero attached hydrogens (tertiary/aromatic N) is 1. The maximum Gasteiger partial charge on any atom is 0.101 e. The molecule has 0 aliphatic heterocycles. The molecule has 1 aromatic carbocycles. The summed E-state index contributed by atoms with van der Waals surface area (Å²) in [7, 11) is 0. The number of hydrogen-bond acceptors (Lipinski definition) is 3. The van der Waals surface area contributed by atoms with Gasteiger partial charge in [-0.05, 0) is 36.8 Å². The van der Waals surface area contributed by atoms with Crippen LogP contribution in [0.1, 0.15) is 18.6 Å². The van der Waals surface area contributed by atoms with Crippen LogP contribution in [0, 0.1) is 0 Å². The van der Waals surface area contributed by atoms with Crippen LogP contribution in [0.4, 0.5) is 0 Å². The average Bonchev–Trinajstić information content (AvgIpc) is 2.31. The first-order valence-corrected chi connectivity index (χ1v) is 5.94. The predicted octanol–water partition coefficient (Wildman–Crippen LogP) is 3.29. The van der Waals surface area contributed by atoms with Crippen molar-refractivity contribution in [1.29, 1.82) is 0 Å². The van der Waals surface area contributed by atoms with E-state index >= 15 is 0 Å². The van der Waals surface area contributed by atoms with Crippen molar-refractivity contribution >= 4 is 11.8 Å². The van der Waals surface area contributed by atoms with Crippen molar-refractivity contribution in [2.45, 2.75) is 22.9 Å². The van der Waals surface area contributed by atoms with Gasteiger partial charge in [-0.3, -0.25) is 0 Å². The Labute approximate surface area is 99.4 Å². The molecule has 0 unspecified atom stereocenters. The van der Waals surface area contributed by atoms with Gasteiger partial charge in [0.1, 0.15) is 5.03 Å². The minimum absolute atomic E-state index is 0.408. The van der Waals surface area contributed by atoms with Crippen LogP contribution in [0.5, 0.6) is 0 Å². The van der Waals surface area contributed by atoms with Gasteiger partial charge in [0.25, 0.3) is 0 Å². The molecule has 2 nitrogen and oxygen atoms in total. The second-order valence-electron chi connectivity index (χ2n) is 3.52. The van der Waals surface area contributed by atoms with Crippen LogP contribution in [0.25, 0.3) is 0 Å². The summed E-state index contributed by atoms with van der Waals surface area (Å²) in [5.41, 5.74) is 0.936. The molecule has 1 aromatic heterocycles. The van der Waals surface area contributed by atoms with Gasteiger partial charge in [-0.25, -0.2) is 4.98 Å². The smallest absolute Gasteiger partial charge is 0.101 e. The third kappa shape index (κ3) is 2.84. The van der Waals surface area contributed by atoms with Crippen molar-refractivity contribution in [3.63, 3.8) is 0 Å². The third-order valence-corrected chi connectivity index (χ3v) is 3.18. The summed E-state index contributed by atoms with van der Waals surface area (Å²) in [4.78, 5) is 5.37. The van der Waals surface area contributed by atoms with E-state index in [-0.39, 0.29) is 0 Å². The highest BCUT2D eigenvalue weighted by Gasteiger charge is 2.01. The van der Waals surface area contributed by atoms with E-state index in [0.29, 0.717) is 0 Å². The van der Waals surface area contributed by atoms with E-state index in [1.807, 2.05) is 42.5 Å². The molecule has 0 radical (unpaired) electrons. The lowest BCUT2D eigenvalue weighted by molar-refractivity contribution is 0.199. The minimum Gasteiger partial charge on any atom is -0.389 e. The summed E-state index contributed by atoms with van der Waals surface area (Å²) in [5.74, 6) is 0. The van der Waals surface area contributed by atoms with Gasteiger partial charge in [0.2, 0.25) is 0 Å². The van der Waals surface area contributed by atoms with Gasteiger partial charge in [0.15, 0.2) is 0 Å². The SMILES string of the molecule is C[C@@H](O)c1ccc(Sc2ccccn2)cc1. The molecular formula is C13H13NOS. The molecule has 16 heavy (non-hydrogen) atoms. The lowest BCUT2D eigenvalue weighted by atomic mass is 10.1. The zero-order valence-corrected chi connectivity index (χ0v) is 9.82. The molecular weight excluding hydrogens is 218 g/mol. The molecule has 2 rings (SSSR count). The number of pyridine rings is 1. The summed E-state index contributed by atoms with van der Waals surface area (Å²) in [6.45, 7) is 1.76. The van der Waals surface area contributed by atoms with E-state index in [9.17, 15) is 5.11 Å². The highest BCUT2D eigenvalue weighted by atomic mass is 32.2. The number of rotatable bonds is 3. The molecule has 0 bridgehead atoms. The Morgan fingerprint density at radius 1 is 1.12 bits per heavy atom. The van der Waals surface area contributed by atoms with Crippen molar-refractivity contribution in [1.82, 2.24) is 4.98 Å². The van der Waals surface area contributed by atoms with E-state index < -0.39 is 6.10 Å². The van der Waals surface area contributed by atoms with Gasteiger partial charge >= 0.3 is 0 Å². The first kappa shape index (κ1) is 11.2. The van der Waals surface area contributed by atoms with Crippen molar-refractivity contribution in [2.75, 3.05) is 0 Å². The Bertz CT molecular complexity index is 439. The lowest BCUT2D eigenvalue weighted by Crippen LogP contribution is -1.89. The summed E-state index contributed by atoms with van der Waals surface area (Å²) in [6, 6.07) is 13.7. The standard InChI is InChI=1S/C13H13NOS/c1-10(15)11-5-7-12(8-6-11)16-13-4-2-3-9-14-13/h2-10,15H,1H3/t10-/m1/s1. The second kappa shape index (κ2) is 5.14. The molecule has 0 fully saturated rings. The number of benzene rings is 1. The van der Waals surface area contributed by atoms with E-state index in [4.69, 9.17) is 0 Å². The Morgan fingerprint density at radius 2 is 1.88 bits per heavy atom. The monoisotopic (exact) mass is 231 g/mol. The maximum absolute atomic E-state index is 9.39. The van der Waals surface area contributed by atoms with Crippen LogP contribution >= 0.6 is 11.8 Å². The number of hydrogen-bond donors (Lipinski definition) is 1. The van der Waals surface area contributed by atoms with Crippen molar-refractivity contribution in [2.24, 2.45) is 0 Å². The Morgan fingerprint density at radius 3 is 2.44 bits per heavy atom. The molecule has 0 spiro atoms. The van der Waals surface area contributed by atoms with Crippen molar-refractivity contribution in [3.05, 3.63) is 54.2 Å². The summed E-state index contributed by atoms with van der Waals surface area (Å²) < 4.78 is 0. The first-order valence-electron chi connectivity index (χ1n) is 5.12. The second-order valence-corrected chi connectivity index (χ2v) is 4.61. The molecule has 1 atom stereocenters. The summed E-state index contributed by atoms with van der Waals surface area (Å²) >= 11 is 1.62. The molecule has 0 aliphatic rings. The van der Waals surface area contributed by atoms with Crippen LogP contribution in [0.15, 0.2) is 58.6 Å². The molecule has 0 amide bonds. The van der Waals surface area contributed by atoms with Gasteiger partial charge in [-0.1, -0.05) is 30.0 Å². The highest BCUT2D eigenvalue weighted by molar-refractivity contribution is 7.99. The van der Waals surface area contributed by atoms with Crippen LogP contribution in [-0.2, 0) is 0 Å². The quantitative estimate of drug-likeness (QED) is 0.880. The molecule has 1 heterocycles. The molecule has 1 N–H and O–H groups in total. The zero-order chi connectivity index (χ0) is 11.4. The Hall–Kier alpha value is -1.32. The number of aliphatic hydroxyl groups excluding tert-OH is 1. The number of aromatic nitrogens is 1. The van der Waals surface area contributed by atoms with Crippen molar-refractivity contribution in [3.8, 4) is 0 Å². The predicted molar refractivity (Wildman–Crippen MR) is 65.4 cm³/mol. The molecule has 3 heteroatoms. The Balaban J connectivity index is 2.11. The van der Waals surface area contributed by atoms with Crippen molar-refractivity contribution < 1.29 is 5.11 Å². The molecule has 0 saturated heterocycles. The van der Waals surface area contributed by atoms with Crippen LogP contribution in [-0.4, -0.2) is 10.1 Å². The normalized spacial score (nSPS) is 12.4. The maximum atomic E-state index is 9.39. The molecule has 0 aliphatic carbocycles. The van der Waals surface area contributed by atoms with Crippen LogP contribution in [0.3, 0.4) is 0 Å². The fourth-order valence-corrected chi connectivity index (χ4v) is 2.12. The third-order valence-electron chi connectivity index (χ3n) is 2.22.